The van der Waals surface area contributed by atoms with Crippen LogP contribution in [0.5, 0.6) is 5.75 Å². The molecule has 26 heavy (non-hydrogen) atoms. The second-order valence-corrected chi connectivity index (χ2v) is 7.03. The van der Waals surface area contributed by atoms with Crippen molar-refractivity contribution in [3.05, 3.63) is 77.2 Å². The molecule has 2 heterocycles. The smallest absolute Gasteiger partial charge is 0.119 e. The summed E-state index contributed by atoms with van der Waals surface area (Å²) in [5.74, 6) is 0.816. The zero-order valence-electron chi connectivity index (χ0n) is 14.1. The van der Waals surface area contributed by atoms with Gasteiger partial charge in [0.25, 0.3) is 0 Å². The minimum Gasteiger partial charge on any atom is -0.497 e. The van der Waals surface area contributed by atoms with Crippen molar-refractivity contribution >= 4 is 27.1 Å². The SMILES string of the molecule is COc1cccc(-c2cnc3c(n2)C(c2ccc4ncsc4c2)=CC3)c1. The second kappa shape index (κ2) is 6.04. The fourth-order valence-electron chi connectivity index (χ4n) is 3.27. The van der Waals surface area contributed by atoms with E-state index in [1.807, 2.05) is 36.0 Å². The van der Waals surface area contributed by atoms with E-state index in [0.717, 1.165) is 51.5 Å². The molecule has 0 amide bonds. The van der Waals surface area contributed by atoms with Crippen molar-refractivity contribution in [2.75, 3.05) is 7.11 Å². The van der Waals surface area contributed by atoms with Crippen molar-refractivity contribution < 1.29 is 4.74 Å². The lowest BCUT2D eigenvalue weighted by atomic mass is 10.0. The molecule has 126 valence electrons. The molecule has 0 saturated carbocycles. The van der Waals surface area contributed by atoms with Crippen molar-refractivity contribution in [2.24, 2.45) is 0 Å². The highest BCUT2D eigenvalue weighted by molar-refractivity contribution is 7.16. The first-order valence-corrected chi connectivity index (χ1v) is 9.24. The van der Waals surface area contributed by atoms with E-state index in [4.69, 9.17) is 9.72 Å². The summed E-state index contributed by atoms with van der Waals surface area (Å²) in [6.07, 6.45) is 4.87. The van der Waals surface area contributed by atoms with Gasteiger partial charge in [-0.3, -0.25) is 4.98 Å². The molecule has 0 aliphatic heterocycles. The molecule has 4 nitrogen and oxygen atoms in total. The van der Waals surface area contributed by atoms with Gasteiger partial charge in [0.05, 0.1) is 46.1 Å². The molecular formula is C21H15N3OS. The molecule has 2 aromatic carbocycles. The Morgan fingerprint density at radius 3 is 2.92 bits per heavy atom. The summed E-state index contributed by atoms with van der Waals surface area (Å²) >= 11 is 1.66. The second-order valence-electron chi connectivity index (χ2n) is 6.14. The number of fused-ring (bicyclic) bond motifs is 2. The first kappa shape index (κ1) is 15.2. The first-order valence-electron chi connectivity index (χ1n) is 8.36. The number of hydrogen-bond acceptors (Lipinski definition) is 5. The third-order valence-electron chi connectivity index (χ3n) is 4.61. The molecule has 0 saturated heterocycles. The van der Waals surface area contributed by atoms with Crippen LogP contribution in [0.3, 0.4) is 0 Å². The van der Waals surface area contributed by atoms with E-state index < -0.39 is 0 Å². The van der Waals surface area contributed by atoms with Crippen LogP contribution in [0.15, 0.2) is 60.2 Å². The normalized spacial score (nSPS) is 12.9. The van der Waals surface area contributed by atoms with Crippen LogP contribution in [0.2, 0.25) is 0 Å². The van der Waals surface area contributed by atoms with E-state index in [9.17, 15) is 0 Å². The van der Waals surface area contributed by atoms with Gasteiger partial charge < -0.3 is 4.74 Å². The number of ether oxygens (including phenoxy) is 1. The van der Waals surface area contributed by atoms with Gasteiger partial charge in [-0.05, 0) is 29.8 Å². The Bertz CT molecular complexity index is 1160. The van der Waals surface area contributed by atoms with E-state index in [2.05, 4.69) is 34.2 Å². The van der Waals surface area contributed by atoms with Crippen molar-refractivity contribution in [2.45, 2.75) is 6.42 Å². The molecule has 0 spiro atoms. The van der Waals surface area contributed by atoms with Crippen molar-refractivity contribution in [3.63, 3.8) is 0 Å². The third-order valence-corrected chi connectivity index (χ3v) is 5.40. The highest BCUT2D eigenvalue weighted by atomic mass is 32.1. The maximum absolute atomic E-state index is 5.33. The minimum atomic E-state index is 0.816. The van der Waals surface area contributed by atoms with Gasteiger partial charge in [0.2, 0.25) is 0 Å². The Morgan fingerprint density at radius 2 is 2.00 bits per heavy atom. The molecule has 0 radical (unpaired) electrons. The zero-order chi connectivity index (χ0) is 17.5. The molecule has 0 unspecified atom stereocenters. The average molecular weight is 357 g/mol. The van der Waals surface area contributed by atoms with E-state index >= 15 is 0 Å². The van der Waals surface area contributed by atoms with Gasteiger partial charge in [-0.25, -0.2) is 9.97 Å². The van der Waals surface area contributed by atoms with Crippen LogP contribution in [-0.4, -0.2) is 22.1 Å². The Balaban J connectivity index is 1.59. The number of thiazole rings is 1. The lowest BCUT2D eigenvalue weighted by Gasteiger charge is -2.09. The summed E-state index contributed by atoms with van der Waals surface area (Å²) in [6.45, 7) is 0. The summed E-state index contributed by atoms with van der Waals surface area (Å²) in [7, 11) is 1.67. The van der Waals surface area contributed by atoms with Gasteiger partial charge in [-0.1, -0.05) is 24.3 Å². The summed E-state index contributed by atoms with van der Waals surface area (Å²) in [6, 6.07) is 14.3. The number of aromatic nitrogens is 3. The average Bonchev–Trinajstić information content (AvgIpc) is 3.33. The number of rotatable bonds is 3. The van der Waals surface area contributed by atoms with Gasteiger partial charge >= 0.3 is 0 Å². The maximum Gasteiger partial charge on any atom is 0.119 e. The van der Waals surface area contributed by atoms with Crippen molar-refractivity contribution in [3.8, 4) is 17.0 Å². The van der Waals surface area contributed by atoms with Crippen molar-refractivity contribution in [1.82, 2.24) is 15.0 Å². The fraction of sp³-hybridized carbons (Fsp3) is 0.0952. The molecular weight excluding hydrogens is 342 g/mol. The molecule has 4 aromatic rings. The van der Waals surface area contributed by atoms with Gasteiger partial charge in [-0.2, -0.15) is 0 Å². The quantitative estimate of drug-likeness (QED) is 0.531. The van der Waals surface area contributed by atoms with Gasteiger partial charge in [0.1, 0.15) is 5.75 Å². The number of methoxy groups -OCH3 is 1. The highest BCUT2D eigenvalue weighted by Crippen LogP contribution is 2.34. The number of benzene rings is 2. The van der Waals surface area contributed by atoms with Crippen LogP contribution in [0.1, 0.15) is 17.0 Å². The topological polar surface area (TPSA) is 47.9 Å². The summed E-state index contributed by atoms with van der Waals surface area (Å²) in [4.78, 5) is 13.9. The molecule has 5 rings (SSSR count). The van der Waals surface area contributed by atoms with Crippen LogP contribution < -0.4 is 4.74 Å². The highest BCUT2D eigenvalue weighted by Gasteiger charge is 2.20. The Morgan fingerprint density at radius 1 is 1.04 bits per heavy atom. The molecule has 0 bridgehead atoms. The monoisotopic (exact) mass is 357 g/mol. The Labute approximate surface area is 154 Å². The third kappa shape index (κ3) is 2.48. The Kier molecular flexibility index (Phi) is 3.53. The Hall–Kier alpha value is -3.05. The number of hydrogen-bond donors (Lipinski definition) is 0. The van der Waals surface area contributed by atoms with Crippen molar-refractivity contribution in [1.29, 1.82) is 0 Å². The first-order chi connectivity index (χ1) is 12.8. The van der Waals surface area contributed by atoms with Gasteiger partial charge in [0.15, 0.2) is 0 Å². The molecule has 0 fully saturated rings. The number of nitrogens with zero attached hydrogens (tertiary/aromatic N) is 3. The maximum atomic E-state index is 5.33. The molecule has 1 aliphatic carbocycles. The zero-order valence-corrected chi connectivity index (χ0v) is 15.0. The molecule has 0 atom stereocenters. The molecule has 1 aliphatic rings. The van der Waals surface area contributed by atoms with E-state index in [1.54, 1.807) is 18.4 Å². The lowest BCUT2D eigenvalue weighted by Crippen LogP contribution is -1.98. The van der Waals surface area contributed by atoms with Crippen LogP contribution in [0, 0.1) is 0 Å². The van der Waals surface area contributed by atoms with Gasteiger partial charge in [0, 0.05) is 17.6 Å². The van der Waals surface area contributed by atoms with Crippen LogP contribution >= 0.6 is 11.3 Å². The van der Waals surface area contributed by atoms with E-state index in [-0.39, 0.29) is 0 Å². The standard InChI is InChI=1S/C21H15N3OS/c1-25-15-4-2-3-14(9-15)19-11-22-18-8-6-16(21(18)24-19)13-5-7-17-20(10-13)26-12-23-17/h2-7,9-12H,8H2,1H3. The molecule has 0 N–H and O–H groups in total. The van der Waals surface area contributed by atoms with Crippen LogP contribution in [0.4, 0.5) is 0 Å². The predicted molar refractivity (Wildman–Crippen MR) is 104 cm³/mol. The summed E-state index contributed by atoms with van der Waals surface area (Å²) in [5, 5.41) is 0. The lowest BCUT2D eigenvalue weighted by molar-refractivity contribution is 0.415. The van der Waals surface area contributed by atoms with Crippen LogP contribution in [-0.2, 0) is 6.42 Å². The summed E-state index contributed by atoms with van der Waals surface area (Å²) in [5.41, 5.74) is 9.08. The van der Waals surface area contributed by atoms with Gasteiger partial charge in [-0.15, -0.1) is 11.3 Å². The fourth-order valence-corrected chi connectivity index (χ4v) is 3.99. The van der Waals surface area contributed by atoms with E-state index in [0.29, 0.717) is 0 Å². The minimum absolute atomic E-state index is 0.816. The predicted octanol–water partition coefficient (Wildman–Crippen LogP) is 4.75. The van der Waals surface area contributed by atoms with Crippen LogP contribution in [0.25, 0.3) is 27.0 Å². The molecule has 5 heteroatoms. The number of allylic oxidation sites excluding steroid dienone is 1. The molecule has 2 aromatic heterocycles. The summed E-state index contributed by atoms with van der Waals surface area (Å²) < 4.78 is 6.52. The largest absolute Gasteiger partial charge is 0.497 e. The van der Waals surface area contributed by atoms with E-state index in [1.165, 1.54) is 4.70 Å².